The van der Waals surface area contributed by atoms with Gasteiger partial charge in [0.25, 0.3) is 5.56 Å². The molecule has 34 heavy (non-hydrogen) atoms. The van der Waals surface area contributed by atoms with E-state index in [0.29, 0.717) is 45.1 Å². The molecule has 2 aromatic heterocycles. The zero-order valence-electron chi connectivity index (χ0n) is 18.4. The highest BCUT2D eigenvalue weighted by Gasteiger charge is 2.21. The molecule has 9 nitrogen and oxygen atoms in total. The number of carbonyl (C=O) groups excluding carboxylic acids is 1. The predicted octanol–water partition coefficient (Wildman–Crippen LogP) is 3.05. The molecule has 0 radical (unpaired) electrons. The molecule has 2 aromatic carbocycles. The van der Waals surface area contributed by atoms with E-state index in [4.69, 9.17) is 9.47 Å². The van der Waals surface area contributed by atoms with E-state index in [0.717, 1.165) is 10.1 Å². The number of fused-ring (bicyclic) bond motifs is 2. The van der Waals surface area contributed by atoms with Gasteiger partial charge in [0.15, 0.2) is 21.5 Å². The number of aromatic nitrogens is 3. The van der Waals surface area contributed by atoms with Crippen molar-refractivity contribution in [1.29, 1.82) is 0 Å². The van der Waals surface area contributed by atoms with Crippen molar-refractivity contribution in [1.82, 2.24) is 14.1 Å². The van der Waals surface area contributed by atoms with Crippen LogP contribution in [0.2, 0.25) is 0 Å². The van der Waals surface area contributed by atoms with E-state index in [1.54, 1.807) is 30.3 Å². The minimum absolute atomic E-state index is 0.200. The lowest BCUT2D eigenvalue weighted by Crippen LogP contribution is -2.40. The molecule has 1 aliphatic heterocycles. The number of carbonyl (C=O) groups is 1. The Hall–Kier alpha value is -3.57. The summed E-state index contributed by atoms with van der Waals surface area (Å²) in [6.45, 7) is 2.41. The average Bonchev–Trinajstić information content (AvgIpc) is 3.28. The van der Waals surface area contributed by atoms with E-state index in [-0.39, 0.29) is 12.2 Å². The van der Waals surface area contributed by atoms with Crippen LogP contribution in [0.25, 0.3) is 16.0 Å². The van der Waals surface area contributed by atoms with E-state index >= 15 is 0 Å². The Bertz CT molecular complexity index is 1540. The van der Waals surface area contributed by atoms with Crippen molar-refractivity contribution in [3.63, 3.8) is 0 Å². The maximum absolute atomic E-state index is 13.5. The summed E-state index contributed by atoms with van der Waals surface area (Å²) in [4.78, 5) is 44.2. The van der Waals surface area contributed by atoms with Crippen LogP contribution in [0.5, 0.6) is 11.5 Å². The predicted molar refractivity (Wildman–Crippen MR) is 132 cm³/mol. The van der Waals surface area contributed by atoms with Crippen molar-refractivity contribution in [3.8, 4) is 17.2 Å². The molecule has 0 atom stereocenters. The van der Waals surface area contributed by atoms with Crippen LogP contribution in [-0.2, 0) is 11.3 Å². The first-order valence-corrected chi connectivity index (χ1v) is 12.5. The number of hydrogen-bond acceptors (Lipinski definition) is 8. The maximum atomic E-state index is 13.5. The van der Waals surface area contributed by atoms with Gasteiger partial charge in [-0.2, -0.15) is 0 Å². The highest BCUT2D eigenvalue weighted by molar-refractivity contribution is 8.00. The molecule has 0 saturated carbocycles. The van der Waals surface area contributed by atoms with Crippen molar-refractivity contribution >= 4 is 45.0 Å². The summed E-state index contributed by atoms with van der Waals surface area (Å²) in [5.41, 5.74) is 0.875. The normalized spacial score (nSPS) is 12.6. The number of thioether (sulfide) groups is 1. The number of ether oxygens (including phenoxy) is 2. The van der Waals surface area contributed by atoms with Gasteiger partial charge in [-0.3, -0.25) is 14.2 Å². The number of amides is 1. The van der Waals surface area contributed by atoms with Gasteiger partial charge < -0.3 is 14.8 Å². The van der Waals surface area contributed by atoms with Crippen LogP contribution in [0.4, 0.5) is 5.69 Å². The van der Waals surface area contributed by atoms with Gasteiger partial charge >= 0.3 is 5.69 Å². The summed E-state index contributed by atoms with van der Waals surface area (Å²) in [7, 11) is 0. The maximum Gasteiger partial charge on any atom is 0.337 e. The van der Waals surface area contributed by atoms with Gasteiger partial charge in [-0.05, 0) is 36.9 Å². The third kappa shape index (κ3) is 3.97. The van der Waals surface area contributed by atoms with E-state index < -0.39 is 17.2 Å². The molecule has 0 bridgehead atoms. The van der Waals surface area contributed by atoms with Gasteiger partial charge in [0.2, 0.25) is 5.91 Å². The summed E-state index contributed by atoms with van der Waals surface area (Å²) < 4.78 is 14.4. The molecule has 4 aromatic rings. The van der Waals surface area contributed by atoms with E-state index in [1.807, 2.05) is 25.3 Å². The minimum atomic E-state index is -0.623. The topological polar surface area (TPSA) is 104 Å². The lowest BCUT2D eigenvalue weighted by Gasteiger charge is -2.19. The Kier molecular flexibility index (Phi) is 5.88. The number of hydrogen-bond donors (Lipinski definition) is 1. The molecule has 11 heteroatoms. The Morgan fingerprint density at radius 1 is 1.15 bits per heavy atom. The molecule has 0 aliphatic carbocycles. The Morgan fingerprint density at radius 3 is 2.68 bits per heavy atom. The first-order valence-electron chi connectivity index (χ1n) is 10.4. The number of rotatable bonds is 5. The Morgan fingerprint density at radius 2 is 1.91 bits per heavy atom. The second-order valence-corrected chi connectivity index (χ2v) is 9.59. The third-order valence-electron chi connectivity index (χ3n) is 5.32. The van der Waals surface area contributed by atoms with Crippen molar-refractivity contribution in [2.75, 3.05) is 24.8 Å². The summed E-state index contributed by atoms with van der Waals surface area (Å²) in [5.74, 6) is 0.717. The number of para-hydroxylation sites is 1. The molecular formula is C23H20N4O5S2. The number of benzene rings is 2. The molecule has 1 amide bonds. The molecule has 5 rings (SSSR count). The summed E-state index contributed by atoms with van der Waals surface area (Å²) in [6.07, 6.45) is 1.84. The van der Waals surface area contributed by atoms with Crippen LogP contribution < -0.4 is 26.0 Å². The second kappa shape index (κ2) is 8.99. The van der Waals surface area contributed by atoms with Crippen molar-refractivity contribution in [2.24, 2.45) is 0 Å². The molecular weight excluding hydrogens is 476 g/mol. The van der Waals surface area contributed by atoms with Crippen molar-refractivity contribution in [2.45, 2.75) is 17.8 Å². The summed E-state index contributed by atoms with van der Waals surface area (Å²) in [6, 6.07) is 12.2. The van der Waals surface area contributed by atoms with Gasteiger partial charge in [-0.15, -0.1) is 11.3 Å². The molecule has 0 unspecified atom stereocenters. The van der Waals surface area contributed by atoms with Gasteiger partial charge in [-0.1, -0.05) is 30.0 Å². The smallest absolute Gasteiger partial charge is 0.337 e. The van der Waals surface area contributed by atoms with Gasteiger partial charge in [0.1, 0.15) is 24.5 Å². The largest absolute Gasteiger partial charge is 0.486 e. The number of anilines is 1. The highest BCUT2D eigenvalue weighted by Crippen LogP contribution is 2.32. The molecule has 1 aliphatic rings. The Labute approximate surface area is 202 Å². The molecule has 174 valence electrons. The van der Waals surface area contributed by atoms with Crippen molar-refractivity contribution < 1.29 is 14.3 Å². The number of thiazole rings is 1. The standard InChI is InChI=1S/C23H20N4O5S2/c1-13-5-3-4-6-15(13)27-21(29)19-20(25-22(33-2)34-19)26(23(27)30)12-18(28)24-14-7-8-16-17(11-14)32-10-9-31-16/h3-8,11H,9-10,12H2,1-2H3,(H,24,28). The van der Waals surface area contributed by atoms with Crippen LogP contribution >= 0.6 is 23.1 Å². The molecule has 1 N–H and O–H groups in total. The number of nitrogens with one attached hydrogen (secondary N) is 1. The van der Waals surface area contributed by atoms with Crippen LogP contribution in [-0.4, -0.2) is 39.5 Å². The monoisotopic (exact) mass is 496 g/mol. The zero-order valence-corrected chi connectivity index (χ0v) is 20.0. The number of aryl methyl sites for hydroxylation is 1. The first kappa shape index (κ1) is 22.2. The Balaban J connectivity index is 1.57. The van der Waals surface area contributed by atoms with Gasteiger partial charge in [-0.25, -0.2) is 14.3 Å². The van der Waals surface area contributed by atoms with Gasteiger partial charge in [0, 0.05) is 11.8 Å². The SMILES string of the molecule is CSc1nc2c(s1)c(=O)n(-c1ccccc1C)c(=O)n2CC(=O)Nc1ccc2c(c1)OCCO2. The molecule has 0 saturated heterocycles. The lowest BCUT2D eigenvalue weighted by molar-refractivity contribution is -0.116. The van der Waals surface area contributed by atoms with Gasteiger partial charge in [0.05, 0.1) is 5.69 Å². The second-order valence-electron chi connectivity index (χ2n) is 7.54. The minimum Gasteiger partial charge on any atom is -0.486 e. The molecule has 0 fully saturated rings. The van der Waals surface area contributed by atoms with Crippen LogP contribution in [0.15, 0.2) is 56.4 Å². The fourth-order valence-corrected chi connectivity index (χ4v) is 5.23. The average molecular weight is 497 g/mol. The summed E-state index contributed by atoms with van der Waals surface area (Å²) >= 11 is 2.58. The molecule has 3 heterocycles. The summed E-state index contributed by atoms with van der Waals surface area (Å²) in [5, 5.41) is 2.79. The van der Waals surface area contributed by atoms with Crippen LogP contribution in [0.3, 0.4) is 0 Å². The fraction of sp³-hybridized carbons (Fsp3) is 0.217. The highest BCUT2D eigenvalue weighted by atomic mass is 32.2. The number of nitrogens with zero attached hydrogens (tertiary/aromatic N) is 3. The van der Waals surface area contributed by atoms with Crippen molar-refractivity contribution in [3.05, 3.63) is 68.9 Å². The zero-order chi connectivity index (χ0) is 23.8. The first-order chi connectivity index (χ1) is 16.5. The lowest BCUT2D eigenvalue weighted by atomic mass is 10.2. The van der Waals surface area contributed by atoms with Crippen LogP contribution in [0.1, 0.15) is 5.56 Å². The third-order valence-corrected chi connectivity index (χ3v) is 7.34. The van der Waals surface area contributed by atoms with Crippen LogP contribution in [0, 0.1) is 6.92 Å². The fourth-order valence-electron chi connectivity index (χ4n) is 3.74. The van der Waals surface area contributed by atoms with E-state index in [2.05, 4.69) is 10.3 Å². The molecule has 0 spiro atoms. The van der Waals surface area contributed by atoms with E-state index in [9.17, 15) is 14.4 Å². The quantitative estimate of drug-likeness (QED) is 0.424. The van der Waals surface area contributed by atoms with E-state index in [1.165, 1.54) is 27.7 Å².